The quantitative estimate of drug-likeness (QED) is 0.116. The van der Waals surface area contributed by atoms with Gasteiger partial charge in [-0.3, -0.25) is 19.4 Å². The lowest BCUT2D eigenvalue weighted by molar-refractivity contribution is -0.154. The van der Waals surface area contributed by atoms with Crippen molar-refractivity contribution >= 4 is 52.6 Å². The van der Waals surface area contributed by atoms with E-state index in [9.17, 15) is 27.6 Å². The number of benzene rings is 2. The average molecular weight is 712 g/mol. The monoisotopic (exact) mass is 711 g/mol. The Bertz CT molecular complexity index is 1820. The van der Waals surface area contributed by atoms with Gasteiger partial charge in [0, 0.05) is 47.4 Å². The molecule has 0 unspecified atom stereocenters. The highest BCUT2D eigenvalue weighted by molar-refractivity contribution is 6.39. The van der Waals surface area contributed by atoms with E-state index in [-0.39, 0.29) is 25.0 Å². The van der Waals surface area contributed by atoms with Gasteiger partial charge in [0.25, 0.3) is 5.91 Å². The number of halogens is 4. The Balaban J connectivity index is 1.18. The van der Waals surface area contributed by atoms with Crippen LogP contribution in [-0.4, -0.2) is 63.5 Å². The van der Waals surface area contributed by atoms with Gasteiger partial charge in [-0.25, -0.2) is 0 Å². The van der Waals surface area contributed by atoms with Crippen molar-refractivity contribution in [3.05, 3.63) is 89.2 Å². The summed E-state index contributed by atoms with van der Waals surface area (Å²) in [6.07, 6.45) is -0.165. The molecular formula is C33H33ClF3N9O4. The zero-order valence-corrected chi connectivity index (χ0v) is 27.7. The minimum absolute atomic E-state index is 0.0105. The van der Waals surface area contributed by atoms with Crippen molar-refractivity contribution in [2.45, 2.75) is 38.4 Å². The summed E-state index contributed by atoms with van der Waals surface area (Å²) < 4.78 is 43.6. The molecule has 2 aromatic heterocycles. The molecule has 2 heterocycles. The fourth-order valence-corrected chi connectivity index (χ4v) is 4.74. The van der Waals surface area contributed by atoms with Crippen LogP contribution in [-0.2, 0) is 15.1 Å². The number of rotatable bonds is 13. The lowest BCUT2D eigenvalue weighted by atomic mass is 9.93. The Hall–Kier alpha value is -5.51. The summed E-state index contributed by atoms with van der Waals surface area (Å²) in [7, 11) is 0. The molecule has 17 heteroatoms. The molecule has 262 valence electrons. The van der Waals surface area contributed by atoms with Crippen molar-refractivity contribution in [3.63, 3.8) is 0 Å². The molecule has 0 spiro atoms. The first-order chi connectivity index (χ1) is 23.7. The van der Waals surface area contributed by atoms with Crippen LogP contribution in [0.4, 0.5) is 36.4 Å². The molecule has 13 nitrogen and oxygen atoms in total. The molecule has 1 aliphatic rings. The molecule has 4 aromatic rings. The van der Waals surface area contributed by atoms with E-state index in [1.54, 1.807) is 36.4 Å². The van der Waals surface area contributed by atoms with E-state index in [1.807, 2.05) is 26.0 Å². The minimum atomic E-state index is -4.61. The molecule has 0 aliphatic heterocycles. The first-order valence-corrected chi connectivity index (χ1v) is 15.7. The van der Waals surface area contributed by atoms with E-state index < -0.39 is 47.5 Å². The molecule has 0 radical (unpaired) electrons. The molecule has 0 saturated heterocycles. The van der Waals surface area contributed by atoms with Gasteiger partial charge < -0.3 is 31.3 Å². The molecule has 2 aromatic carbocycles. The van der Waals surface area contributed by atoms with Crippen LogP contribution in [0, 0.1) is 5.41 Å². The Labute approximate surface area is 289 Å². The maximum atomic E-state index is 12.9. The molecule has 1 fully saturated rings. The second-order valence-electron chi connectivity index (χ2n) is 12.3. The van der Waals surface area contributed by atoms with Gasteiger partial charge in [0.15, 0.2) is 6.61 Å². The highest BCUT2D eigenvalue weighted by Gasteiger charge is 2.45. The fourth-order valence-electron chi connectivity index (χ4n) is 4.61. The Morgan fingerprint density at radius 2 is 1.46 bits per heavy atom. The lowest BCUT2D eigenvalue weighted by Crippen LogP contribution is -2.44. The molecule has 1 aliphatic carbocycles. The van der Waals surface area contributed by atoms with Gasteiger partial charge in [-0.2, -0.15) is 28.1 Å². The first-order valence-electron chi connectivity index (χ1n) is 15.3. The van der Waals surface area contributed by atoms with Gasteiger partial charge in [-0.1, -0.05) is 37.6 Å². The second kappa shape index (κ2) is 14.9. The summed E-state index contributed by atoms with van der Waals surface area (Å²) >= 11 is 6.03. The summed E-state index contributed by atoms with van der Waals surface area (Å²) in [5.41, 5.74) is 0.979. The highest BCUT2D eigenvalue weighted by Crippen LogP contribution is 2.48. The number of alkyl halides is 3. The number of hydrogen-bond acceptors (Lipinski definition) is 10. The summed E-state index contributed by atoms with van der Waals surface area (Å²) in [5.74, 6) is -2.11. The molecule has 0 atom stereocenters. The third-order valence-electron chi connectivity index (χ3n) is 7.48. The maximum absolute atomic E-state index is 12.9. The SMILES string of the molecule is CC(C)(CNC(=O)C(=O)Nc1ccncc1)CNC(=O)c1ccc(Nc2nc(NC3(c4ccc(Cl)cc4)CC3)nc(OCC(F)(F)F)n2)cc1. The van der Waals surface area contributed by atoms with Gasteiger partial charge in [-0.05, 0) is 72.4 Å². The van der Waals surface area contributed by atoms with E-state index in [0.717, 1.165) is 18.4 Å². The number of pyridine rings is 1. The first kappa shape index (κ1) is 35.8. The Morgan fingerprint density at radius 1 is 0.820 bits per heavy atom. The zero-order valence-electron chi connectivity index (χ0n) is 26.9. The van der Waals surface area contributed by atoms with Crippen molar-refractivity contribution in [1.29, 1.82) is 0 Å². The molecular weight excluding hydrogens is 679 g/mol. The van der Waals surface area contributed by atoms with E-state index in [0.29, 0.717) is 22.0 Å². The fraction of sp³-hybridized carbons (Fsp3) is 0.303. The van der Waals surface area contributed by atoms with E-state index in [4.69, 9.17) is 16.3 Å². The number of ether oxygens (including phenoxy) is 1. The zero-order chi connectivity index (χ0) is 35.9. The number of carbonyl (C=O) groups excluding carboxylic acids is 3. The largest absolute Gasteiger partial charge is 0.454 e. The summed E-state index contributed by atoms with van der Waals surface area (Å²) in [6, 6.07) is 16.0. The van der Waals surface area contributed by atoms with E-state index >= 15 is 0 Å². The Morgan fingerprint density at radius 3 is 2.10 bits per heavy atom. The number of nitrogens with zero attached hydrogens (tertiary/aromatic N) is 4. The predicted octanol–water partition coefficient (Wildman–Crippen LogP) is 5.22. The van der Waals surface area contributed by atoms with Crippen LogP contribution in [0.25, 0.3) is 0 Å². The molecule has 5 N–H and O–H groups in total. The van der Waals surface area contributed by atoms with Crippen LogP contribution in [0.15, 0.2) is 73.1 Å². The standard InChI is InChI=1S/C33H33ClF3N9O4/c1-31(2,18-40-26(48)27(49)41-24-11-15-38-16-12-24)17-39-25(47)20-3-9-23(10-4-20)42-28-43-29(45-30(44-28)50-19-33(35,36)37)46-32(13-14-32)21-5-7-22(34)8-6-21/h3-12,15-16H,13-14,17-19H2,1-2H3,(H,39,47)(H,40,48)(H,38,41,49)(H2,42,43,44,45,46). The van der Waals surface area contributed by atoms with Gasteiger partial charge in [0.1, 0.15) is 0 Å². The molecule has 0 bridgehead atoms. The van der Waals surface area contributed by atoms with Crippen LogP contribution in [0.5, 0.6) is 6.01 Å². The van der Waals surface area contributed by atoms with Gasteiger partial charge in [-0.15, -0.1) is 0 Å². The number of hydrogen-bond donors (Lipinski definition) is 5. The third-order valence-corrected chi connectivity index (χ3v) is 7.73. The molecule has 1 saturated carbocycles. The van der Waals surface area contributed by atoms with Gasteiger partial charge in [0.2, 0.25) is 11.9 Å². The number of carbonyl (C=O) groups is 3. The topological polar surface area (TPSA) is 172 Å². The van der Waals surface area contributed by atoms with Gasteiger partial charge in [0.05, 0.1) is 5.54 Å². The van der Waals surface area contributed by atoms with E-state index in [2.05, 4.69) is 46.5 Å². The summed E-state index contributed by atoms with van der Waals surface area (Å²) in [4.78, 5) is 53.5. The van der Waals surface area contributed by atoms with Gasteiger partial charge >= 0.3 is 24.0 Å². The van der Waals surface area contributed by atoms with Crippen molar-refractivity contribution in [2.24, 2.45) is 5.41 Å². The van der Waals surface area contributed by atoms with E-state index in [1.165, 1.54) is 24.5 Å². The van der Waals surface area contributed by atoms with Crippen molar-refractivity contribution in [1.82, 2.24) is 30.6 Å². The normalized spacial score (nSPS) is 13.5. The minimum Gasteiger partial charge on any atom is -0.454 e. The third kappa shape index (κ3) is 10.2. The number of nitrogens with one attached hydrogen (secondary N) is 5. The van der Waals surface area contributed by atoms with Crippen LogP contribution in [0.1, 0.15) is 42.6 Å². The van der Waals surface area contributed by atoms with Crippen molar-refractivity contribution in [2.75, 3.05) is 35.6 Å². The number of anilines is 4. The number of aromatic nitrogens is 4. The van der Waals surface area contributed by atoms with Crippen molar-refractivity contribution in [3.8, 4) is 6.01 Å². The smallest absolute Gasteiger partial charge is 0.422 e. The molecule has 3 amide bonds. The van der Waals surface area contributed by atoms with Crippen LogP contribution < -0.4 is 31.3 Å². The van der Waals surface area contributed by atoms with Crippen LogP contribution >= 0.6 is 11.6 Å². The maximum Gasteiger partial charge on any atom is 0.422 e. The Kier molecular flexibility index (Phi) is 10.7. The molecule has 50 heavy (non-hydrogen) atoms. The van der Waals surface area contributed by atoms with Crippen LogP contribution in [0.3, 0.4) is 0 Å². The summed E-state index contributed by atoms with van der Waals surface area (Å²) in [6.45, 7) is 2.32. The van der Waals surface area contributed by atoms with Crippen molar-refractivity contribution < 1.29 is 32.3 Å². The average Bonchev–Trinajstić information content (AvgIpc) is 3.86. The predicted molar refractivity (Wildman–Crippen MR) is 179 cm³/mol. The van der Waals surface area contributed by atoms with Crippen LogP contribution in [0.2, 0.25) is 5.02 Å². The lowest BCUT2D eigenvalue weighted by Gasteiger charge is -2.25. The highest BCUT2D eigenvalue weighted by atomic mass is 35.5. The second-order valence-corrected chi connectivity index (χ2v) is 12.7. The summed E-state index contributed by atoms with van der Waals surface area (Å²) in [5, 5.41) is 14.5. The molecule has 5 rings (SSSR count). The number of amides is 3.